The van der Waals surface area contributed by atoms with E-state index in [2.05, 4.69) is 5.32 Å². The Morgan fingerprint density at radius 1 is 1.40 bits per heavy atom. The van der Waals surface area contributed by atoms with Crippen molar-refractivity contribution in [1.82, 2.24) is 5.32 Å². The van der Waals surface area contributed by atoms with Crippen LogP contribution in [0.2, 0.25) is 0 Å². The van der Waals surface area contributed by atoms with Gasteiger partial charge in [0, 0.05) is 13.2 Å². The zero-order chi connectivity index (χ0) is 14.4. The van der Waals surface area contributed by atoms with Crippen molar-refractivity contribution in [2.24, 2.45) is 0 Å². The van der Waals surface area contributed by atoms with Gasteiger partial charge in [0.05, 0.1) is 6.10 Å². The first-order valence-corrected chi connectivity index (χ1v) is 6.94. The summed E-state index contributed by atoms with van der Waals surface area (Å²) in [6.07, 6.45) is 0.418. The number of benzene rings is 1. The Balaban J connectivity index is 1.72. The number of hydrogen-bond acceptors (Lipinski definition) is 4. The third-order valence-electron chi connectivity index (χ3n) is 2.87. The highest BCUT2D eigenvalue weighted by atomic mass is 16.6. The number of carbonyl (C=O) groups excluding carboxylic acids is 1. The average Bonchev–Trinajstić information content (AvgIpc) is 2.46. The van der Waals surface area contributed by atoms with E-state index in [1.54, 1.807) is 6.07 Å². The topological polar surface area (TPSA) is 56.8 Å². The minimum atomic E-state index is -0.587. The monoisotopic (exact) mass is 279 g/mol. The number of ether oxygens (including phenoxy) is 3. The number of fused-ring (bicyclic) bond motifs is 1. The molecule has 0 fully saturated rings. The second-order valence-corrected chi connectivity index (χ2v) is 4.93. The van der Waals surface area contributed by atoms with E-state index in [4.69, 9.17) is 14.2 Å². The molecule has 1 atom stereocenters. The molecule has 1 heterocycles. The van der Waals surface area contributed by atoms with Crippen molar-refractivity contribution >= 4 is 5.91 Å². The molecular formula is C15H21NO4. The van der Waals surface area contributed by atoms with Crippen LogP contribution in [0.5, 0.6) is 11.5 Å². The fourth-order valence-corrected chi connectivity index (χ4v) is 1.87. The third kappa shape index (κ3) is 4.13. The van der Waals surface area contributed by atoms with Crippen LogP contribution in [0.25, 0.3) is 0 Å². The summed E-state index contributed by atoms with van der Waals surface area (Å²) in [5.74, 6) is 1.15. The lowest BCUT2D eigenvalue weighted by molar-refractivity contribution is -0.130. The zero-order valence-corrected chi connectivity index (χ0v) is 11.9. The summed E-state index contributed by atoms with van der Waals surface area (Å²) in [4.78, 5) is 11.9. The largest absolute Gasteiger partial charge is 0.485 e. The number of rotatable bonds is 6. The van der Waals surface area contributed by atoms with Gasteiger partial charge in [0.25, 0.3) is 5.91 Å². The average molecular weight is 279 g/mol. The van der Waals surface area contributed by atoms with Gasteiger partial charge in [-0.15, -0.1) is 0 Å². The molecule has 0 aliphatic carbocycles. The molecule has 1 aromatic rings. The molecule has 0 bridgehead atoms. The first kappa shape index (κ1) is 14.7. The molecule has 0 saturated heterocycles. The van der Waals surface area contributed by atoms with Gasteiger partial charge >= 0.3 is 0 Å². The van der Waals surface area contributed by atoms with E-state index in [0.29, 0.717) is 24.7 Å². The molecule has 1 amide bonds. The molecule has 1 aliphatic heterocycles. The van der Waals surface area contributed by atoms with Crippen LogP contribution in [0.4, 0.5) is 0 Å². The molecule has 2 rings (SSSR count). The molecule has 1 N–H and O–H groups in total. The Bertz CT molecular complexity index is 447. The lowest BCUT2D eigenvalue weighted by Crippen LogP contribution is -2.44. The predicted octanol–water partition coefficient (Wildman–Crippen LogP) is 1.76. The van der Waals surface area contributed by atoms with Crippen molar-refractivity contribution in [2.45, 2.75) is 32.5 Å². The number of amides is 1. The van der Waals surface area contributed by atoms with E-state index in [-0.39, 0.29) is 18.6 Å². The van der Waals surface area contributed by atoms with Gasteiger partial charge in [-0.1, -0.05) is 12.1 Å². The van der Waals surface area contributed by atoms with Gasteiger partial charge in [0.2, 0.25) is 6.10 Å². The third-order valence-corrected chi connectivity index (χ3v) is 2.87. The lowest BCUT2D eigenvalue weighted by atomic mass is 10.2. The van der Waals surface area contributed by atoms with E-state index in [9.17, 15) is 4.79 Å². The highest BCUT2D eigenvalue weighted by molar-refractivity contribution is 5.81. The van der Waals surface area contributed by atoms with Crippen molar-refractivity contribution in [2.75, 3.05) is 19.8 Å². The quantitative estimate of drug-likeness (QED) is 0.806. The summed E-state index contributed by atoms with van der Waals surface area (Å²) in [7, 11) is 0. The van der Waals surface area contributed by atoms with E-state index >= 15 is 0 Å². The van der Waals surface area contributed by atoms with Crippen LogP contribution in [0.15, 0.2) is 24.3 Å². The Morgan fingerprint density at radius 2 is 2.15 bits per heavy atom. The number of carbonyl (C=O) groups is 1. The van der Waals surface area contributed by atoms with Crippen molar-refractivity contribution in [3.8, 4) is 11.5 Å². The van der Waals surface area contributed by atoms with E-state index in [0.717, 1.165) is 6.42 Å². The molecule has 1 aromatic carbocycles. The molecule has 0 radical (unpaired) electrons. The fraction of sp³-hybridized carbons (Fsp3) is 0.533. The molecule has 0 saturated carbocycles. The molecule has 0 spiro atoms. The SMILES string of the molecule is CC(C)OCCCNC(=O)[C@H]1COc2ccccc2O1. The Hall–Kier alpha value is -1.75. The molecule has 20 heavy (non-hydrogen) atoms. The number of nitrogens with one attached hydrogen (secondary N) is 1. The van der Waals surface area contributed by atoms with Crippen molar-refractivity contribution in [3.05, 3.63) is 24.3 Å². The Morgan fingerprint density at radius 3 is 2.90 bits per heavy atom. The van der Waals surface area contributed by atoms with Crippen molar-refractivity contribution in [3.63, 3.8) is 0 Å². The predicted molar refractivity (Wildman–Crippen MR) is 75.1 cm³/mol. The van der Waals surface area contributed by atoms with Gasteiger partial charge in [-0.2, -0.15) is 0 Å². The number of para-hydroxylation sites is 2. The maximum absolute atomic E-state index is 11.9. The summed E-state index contributed by atoms with van der Waals surface area (Å²) in [5.41, 5.74) is 0. The minimum absolute atomic E-state index is 0.149. The molecule has 0 aromatic heterocycles. The van der Waals surface area contributed by atoms with E-state index < -0.39 is 6.10 Å². The van der Waals surface area contributed by atoms with Crippen LogP contribution >= 0.6 is 0 Å². The second-order valence-electron chi connectivity index (χ2n) is 4.93. The highest BCUT2D eigenvalue weighted by Gasteiger charge is 2.26. The standard InChI is InChI=1S/C15H21NO4/c1-11(2)18-9-5-8-16-15(17)14-10-19-12-6-3-4-7-13(12)20-14/h3-4,6-7,11,14H,5,8-10H2,1-2H3,(H,16,17)/t14-/m1/s1. The zero-order valence-electron chi connectivity index (χ0n) is 11.9. The van der Waals surface area contributed by atoms with E-state index in [1.165, 1.54) is 0 Å². The summed E-state index contributed by atoms with van der Waals surface area (Å²) < 4.78 is 16.5. The second kappa shape index (κ2) is 7.14. The maximum atomic E-state index is 11.9. The molecular weight excluding hydrogens is 258 g/mol. The molecule has 110 valence electrons. The van der Waals surface area contributed by atoms with Crippen LogP contribution in [0.1, 0.15) is 20.3 Å². The van der Waals surface area contributed by atoms with Crippen LogP contribution in [-0.2, 0) is 9.53 Å². The number of hydrogen-bond donors (Lipinski definition) is 1. The van der Waals surface area contributed by atoms with Crippen LogP contribution in [-0.4, -0.2) is 37.9 Å². The Labute approximate surface area is 119 Å². The Kier molecular flexibility index (Phi) is 5.24. The van der Waals surface area contributed by atoms with Gasteiger partial charge < -0.3 is 19.5 Å². The normalized spacial score (nSPS) is 17.1. The maximum Gasteiger partial charge on any atom is 0.264 e. The van der Waals surface area contributed by atoms with Crippen molar-refractivity contribution < 1.29 is 19.0 Å². The van der Waals surface area contributed by atoms with Crippen molar-refractivity contribution in [1.29, 1.82) is 0 Å². The van der Waals surface area contributed by atoms with Gasteiger partial charge in [-0.3, -0.25) is 4.79 Å². The van der Waals surface area contributed by atoms with Crippen LogP contribution < -0.4 is 14.8 Å². The summed E-state index contributed by atoms with van der Waals surface area (Å²) in [5, 5.41) is 2.83. The minimum Gasteiger partial charge on any atom is -0.485 e. The smallest absolute Gasteiger partial charge is 0.264 e. The summed E-state index contributed by atoms with van der Waals surface area (Å²) in [6.45, 7) is 5.44. The first-order valence-electron chi connectivity index (χ1n) is 6.94. The van der Waals surface area contributed by atoms with Crippen LogP contribution in [0.3, 0.4) is 0 Å². The molecule has 0 unspecified atom stereocenters. The first-order chi connectivity index (χ1) is 9.66. The highest BCUT2D eigenvalue weighted by Crippen LogP contribution is 2.30. The van der Waals surface area contributed by atoms with Gasteiger partial charge in [-0.05, 0) is 32.4 Å². The fourth-order valence-electron chi connectivity index (χ4n) is 1.87. The summed E-state index contributed by atoms with van der Waals surface area (Å²) >= 11 is 0. The van der Waals surface area contributed by atoms with Crippen LogP contribution in [0, 0.1) is 0 Å². The molecule has 5 nitrogen and oxygen atoms in total. The summed E-state index contributed by atoms with van der Waals surface area (Å²) in [6, 6.07) is 7.35. The van der Waals surface area contributed by atoms with Gasteiger partial charge in [0.15, 0.2) is 11.5 Å². The van der Waals surface area contributed by atoms with E-state index in [1.807, 2.05) is 32.0 Å². The molecule has 1 aliphatic rings. The molecule has 5 heteroatoms. The van der Waals surface area contributed by atoms with Gasteiger partial charge in [0.1, 0.15) is 6.61 Å². The van der Waals surface area contributed by atoms with Gasteiger partial charge in [-0.25, -0.2) is 0 Å². The lowest BCUT2D eigenvalue weighted by Gasteiger charge is -2.25.